The molecule has 0 fully saturated rings. The molecule has 0 unspecified atom stereocenters. The van der Waals surface area contributed by atoms with Gasteiger partial charge < -0.3 is 5.73 Å². The lowest BCUT2D eigenvalue weighted by Gasteiger charge is -2.14. The highest BCUT2D eigenvalue weighted by Crippen LogP contribution is 2.30. The van der Waals surface area contributed by atoms with Crippen molar-refractivity contribution in [3.05, 3.63) is 34.1 Å². The normalized spacial score (nSPS) is 13.4. The van der Waals surface area contributed by atoms with E-state index in [0.717, 1.165) is 6.07 Å². The molecule has 1 rings (SSSR count). The number of aryl methyl sites for hydroxylation is 1. The van der Waals surface area contributed by atoms with Gasteiger partial charge in [0, 0.05) is 5.56 Å². The Kier molecular flexibility index (Phi) is 3.39. The number of rotatable bonds is 2. The second-order valence-electron chi connectivity index (χ2n) is 2.95. The first-order valence-electron chi connectivity index (χ1n) is 3.93. The van der Waals surface area contributed by atoms with Crippen LogP contribution in [-0.4, -0.2) is 6.43 Å². The molecule has 1 nitrogen and oxygen atoms in total. The van der Waals surface area contributed by atoms with Crippen LogP contribution in [-0.2, 0) is 0 Å². The van der Waals surface area contributed by atoms with Crippen LogP contribution in [0.15, 0.2) is 12.1 Å². The molecule has 0 aliphatic heterocycles. The van der Waals surface area contributed by atoms with E-state index < -0.39 is 18.3 Å². The minimum atomic E-state index is -2.83. The fourth-order valence-electron chi connectivity index (χ4n) is 1.11. The molecule has 0 radical (unpaired) electrons. The molecule has 0 aliphatic carbocycles. The molecule has 0 aliphatic rings. The van der Waals surface area contributed by atoms with E-state index in [1.165, 1.54) is 6.07 Å². The van der Waals surface area contributed by atoms with Gasteiger partial charge in [0.2, 0.25) is 0 Å². The lowest BCUT2D eigenvalue weighted by molar-refractivity contribution is 0.115. The van der Waals surface area contributed by atoms with Crippen molar-refractivity contribution in [2.24, 2.45) is 5.73 Å². The number of hydrogen-bond acceptors (Lipinski definition) is 1. The van der Waals surface area contributed by atoms with Crippen molar-refractivity contribution >= 4 is 11.6 Å². The largest absolute Gasteiger partial charge is 0.319 e. The van der Waals surface area contributed by atoms with Crippen LogP contribution in [0.4, 0.5) is 13.2 Å². The Balaban J connectivity index is 3.25. The van der Waals surface area contributed by atoms with Crippen LogP contribution < -0.4 is 5.73 Å². The lowest BCUT2D eigenvalue weighted by atomic mass is 10.0. The second kappa shape index (κ2) is 4.19. The van der Waals surface area contributed by atoms with E-state index in [1.54, 1.807) is 6.92 Å². The van der Waals surface area contributed by atoms with Gasteiger partial charge in [0.15, 0.2) is 0 Å². The molecule has 14 heavy (non-hydrogen) atoms. The second-order valence-corrected chi connectivity index (χ2v) is 3.33. The van der Waals surface area contributed by atoms with Crippen LogP contribution >= 0.6 is 11.6 Å². The number of benzene rings is 1. The van der Waals surface area contributed by atoms with E-state index in [4.69, 9.17) is 17.3 Å². The average Bonchev–Trinajstić information content (AvgIpc) is 2.12. The van der Waals surface area contributed by atoms with Gasteiger partial charge in [-0.3, -0.25) is 0 Å². The van der Waals surface area contributed by atoms with Gasteiger partial charge >= 0.3 is 0 Å². The van der Waals surface area contributed by atoms with E-state index in [-0.39, 0.29) is 10.6 Å². The Morgan fingerprint density at radius 2 is 1.93 bits per heavy atom. The number of nitrogens with two attached hydrogens (primary N) is 1. The number of hydrogen-bond donors (Lipinski definition) is 1. The maximum atomic E-state index is 13.1. The van der Waals surface area contributed by atoms with E-state index in [9.17, 15) is 13.2 Å². The molecule has 2 N–H and O–H groups in total. The molecule has 0 amide bonds. The highest BCUT2D eigenvalue weighted by atomic mass is 35.5. The molecular weight excluding hydrogens is 215 g/mol. The van der Waals surface area contributed by atoms with Crippen molar-refractivity contribution in [1.82, 2.24) is 0 Å². The van der Waals surface area contributed by atoms with Crippen LogP contribution in [0, 0.1) is 12.7 Å². The Bertz CT molecular complexity index is 341. The maximum absolute atomic E-state index is 13.1. The third kappa shape index (κ3) is 2.01. The number of alkyl halides is 2. The first-order valence-corrected chi connectivity index (χ1v) is 4.31. The molecule has 1 aromatic rings. The van der Waals surface area contributed by atoms with Crippen LogP contribution in [0.2, 0.25) is 5.02 Å². The summed E-state index contributed by atoms with van der Waals surface area (Å²) < 4.78 is 37.7. The smallest absolute Gasteiger partial charge is 0.257 e. The highest BCUT2D eigenvalue weighted by molar-refractivity contribution is 6.32. The van der Waals surface area contributed by atoms with Gasteiger partial charge in [-0.1, -0.05) is 17.7 Å². The van der Waals surface area contributed by atoms with Crippen LogP contribution in [0.5, 0.6) is 0 Å². The van der Waals surface area contributed by atoms with E-state index in [0.29, 0.717) is 5.56 Å². The first kappa shape index (κ1) is 11.3. The van der Waals surface area contributed by atoms with Gasteiger partial charge in [-0.15, -0.1) is 0 Å². The lowest BCUT2D eigenvalue weighted by Crippen LogP contribution is -2.21. The molecule has 5 heteroatoms. The maximum Gasteiger partial charge on any atom is 0.257 e. The molecule has 0 saturated carbocycles. The Morgan fingerprint density at radius 1 is 1.36 bits per heavy atom. The van der Waals surface area contributed by atoms with E-state index in [2.05, 4.69) is 0 Å². The summed E-state index contributed by atoms with van der Waals surface area (Å²) in [6, 6.07) is 0.820. The number of halogens is 4. The van der Waals surface area contributed by atoms with E-state index in [1.807, 2.05) is 0 Å². The molecule has 1 aromatic carbocycles. The molecule has 0 bridgehead atoms. The SMILES string of the molecule is Cc1ccc(F)c([C@H](N)C(F)F)c1Cl. The molecule has 0 saturated heterocycles. The van der Waals surface area contributed by atoms with Crippen molar-refractivity contribution in [3.63, 3.8) is 0 Å². The van der Waals surface area contributed by atoms with Gasteiger partial charge in [0.05, 0.1) is 11.1 Å². The van der Waals surface area contributed by atoms with Gasteiger partial charge in [0.1, 0.15) is 5.82 Å². The standard InChI is InChI=1S/C9H9ClF3N/c1-4-2-3-5(11)6(7(4)10)8(14)9(12)13/h2-3,8-9H,14H2,1H3/t8-/m0/s1. The van der Waals surface area contributed by atoms with Crippen LogP contribution in [0.3, 0.4) is 0 Å². The fraction of sp³-hybridized carbons (Fsp3) is 0.333. The highest BCUT2D eigenvalue weighted by Gasteiger charge is 2.24. The monoisotopic (exact) mass is 223 g/mol. The average molecular weight is 224 g/mol. The molecular formula is C9H9ClF3N. The zero-order valence-corrected chi connectivity index (χ0v) is 8.15. The van der Waals surface area contributed by atoms with Gasteiger partial charge in [-0.25, -0.2) is 13.2 Å². The minimum Gasteiger partial charge on any atom is -0.319 e. The predicted molar refractivity (Wildman–Crippen MR) is 49.1 cm³/mol. The molecule has 0 heterocycles. The topological polar surface area (TPSA) is 26.0 Å². The van der Waals surface area contributed by atoms with Gasteiger partial charge in [-0.2, -0.15) is 0 Å². The predicted octanol–water partition coefficient (Wildman–Crippen LogP) is 3.05. The fourth-order valence-corrected chi connectivity index (χ4v) is 1.39. The van der Waals surface area contributed by atoms with Crippen LogP contribution in [0.25, 0.3) is 0 Å². The zero-order chi connectivity index (χ0) is 10.9. The quantitative estimate of drug-likeness (QED) is 0.819. The minimum absolute atomic E-state index is 0.0298. The molecule has 0 spiro atoms. The zero-order valence-electron chi connectivity index (χ0n) is 7.40. The van der Waals surface area contributed by atoms with Crippen molar-refractivity contribution in [2.45, 2.75) is 19.4 Å². The van der Waals surface area contributed by atoms with Crippen LogP contribution in [0.1, 0.15) is 17.2 Å². The Labute approximate surface area is 84.7 Å². The summed E-state index contributed by atoms with van der Waals surface area (Å²) in [5, 5.41) is -0.0298. The summed E-state index contributed by atoms with van der Waals surface area (Å²) in [4.78, 5) is 0. The summed E-state index contributed by atoms with van der Waals surface area (Å²) in [6.45, 7) is 1.60. The molecule has 1 atom stereocenters. The Hall–Kier alpha value is -0.740. The summed E-state index contributed by atoms with van der Waals surface area (Å²) in [7, 11) is 0. The van der Waals surface area contributed by atoms with Gasteiger partial charge in [-0.05, 0) is 18.6 Å². The van der Waals surface area contributed by atoms with Crippen molar-refractivity contribution in [1.29, 1.82) is 0 Å². The summed E-state index contributed by atoms with van der Waals surface area (Å²) in [6.07, 6.45) is -2.83. The summed E-state index contributed by atoms with van der Waals surface area (Å²) >= 11 is 5.68. The van der Waals surface area contributed by atoms with Crippen molar-refractivity contribution in [3.8, 4) is 0 Å². The third-order valence-electron chi connectivity index (χ3n) is 1.92. The van der Waals surface area contributed by atoms with Gasteiger partial charge in [0.25, 0.3) is 6.43 Å². The Morgan fingerprint density at radius 3 is 2.43 bits per heavy atom. The van der Waals surface area contributed by atoms with Crippen molar-refractivity contribution < 1.29 is 13.2 Å². The van der Waals surface area contributed by atoms with Crippen molar-refractivity contribution in [2.75, 3.05) is 0 Å². The molecule has 78 valence electrons. The summed E-state index contributed by atoms with van der Waals surface area (Å²) in [5.41, 5.74) is 5.34. The molecule has 0 aromatic heterocycles. The first-order chi connectivity index (χ1) is 6.45. The summed E-state index contributed by atoms with van der Waals surface area (Å²) in [5.74, 6) is -0.798. The third-order valence-corrected chi connectivity index (χ3v) is 2.43. The van der Waals surface area contributed by atoms with E-state index >= 15 is 0 Å².